The van der Waals surface area contributed by atoms with E-state index in [9.17, 15) is 40.3 Å². The van der Waals surface area contributed by atoms with E-state index < -0.39 is 58.8 Å². The first-order chi connectivity index (χ1) is 19.3. The van der Waals surface area contributed by atoms with Gasteiger partial charge >= 0.3 is 0 Å². The first-order valence-electron chi connectivity index (χ1n) is 11.6. The van der Waals surface area contributed by atoms with Crippen LogP contribution in [0.5, 0.6) is 0 Å². The average Bonchev–Trinajstić information content (AvgIpc) is 2.92. The van der Waals surface area contributed by atoms with Crippen molar-refractivity contribution in [3.63, 3.8) is 0 Å². The van der Waals surface area contributed by atoms with Gasteiger partial charge in [0.25, 0.3) is 26.1 Å². The molecule has 4 aromatic rings. The topological polar surface area (TPSA) is 210 Å². The van der Waals surface area contributed by atoms with Crippen LogP contribution in [0, 0.1) is 0 Å². The zero-order valence-electron chi connectivity index (χ0n) is 20.7. The molecule has 4 aromatic carbocycles. The molecular formula is C27H19N3O9S2. The molecule has 12 nitrogen and oxygen atoms in total. The summed E-state index contributed by atoms with van der Waals surface area (Å²) in [5.74, 6) is -2.11. The Morgan fingerprint density at radius 1 is 0.683 bits per heavy atom. The molecule has 0 atom stereocenters. The van der Waals surface area contributed by atoms with Crippen LogP contribution in [0.4, 0.5) is 22.7 Å². The zero-order chi connectivity index (χ0) is 29.7. The minimum atomic E-state index is -4.99. The Kier molecular flexibility index (Phi) is 6.71. The average molecular weight is 594 g/mol. The van der Waals surface area contributed by atoms with E-state index in [0.717, 1.165) is 18.2 Å². The Hall–Kier alpha value is -4.89. The molecule has 41 heavy (non-hydrogen) atoms. The zero-order valence-corrected chi connectivity index (χ0v) is 22.3. The number of rotatable bonds is 6. The van der Waals surface area contributed by atoms with Crippen molar-refractivity contribution < 1.29 is 40.3 Å². The lowest BCUT2D eigenvalue weighted by atomic mass is 9.82. The van der Waals surface area contributed by atoms with E-state index >= 15 is 0 Å². The smallest absolute Gasteiger partial charge is 0.296 e. The standard InChI is InChI=1S/C27H19N3O9S2/c28-24-21(41(37,38)39)13-19(22-23(24)26(32)17-9-5-4-8-16(17)25(22)31)29-15-10-11-18(20(12-15)40(34,35)36)30-27(33)14-6-2-1-3-7-14/h1-13,29H,28H2,(H,30,33)(H,34,35,36)(H,37,38,39). The molecular weight excluding hydrogens is 574 g/mol. The second kappa shape index (κ2) is 9.94. The minimum absolute atomic E-state index is 0.0182. The predicted octanol–water partition coefficient (Wildman–Crippen LogP) is 3.53. The molecule has 0 heterocycles. The number of nitrogens with one attached hydrogen (secondary N) is 2. The molecule has 0 unspecified atom stereocenters. The Morgan fingerprint density at radius 3 is 1.83 bits per heavy atom. The van der Waals surface area contributed by atoms with Gasteiger partial charge < -0.3 is 16.4 Å². The van der Waals surface area contributed by atoms with Crippen LogP contribution in [0.15, 0.2) is 88.7 Å². The van der Waals surface area contributed by atoms with Gasteiger partial charge in [-0.05, 0) is 36.4 Å². The molecule has 5 rings (SSSR count). The summed E-state index contributed by atoms with van der Waals surface area (Å²) in [6.45, 7) is 0. The highest BCUT2D eigenvalue weighted by Gasteiger charge is 2.36. The number of carbonyl (C=O) groups excluding carboxylic acids is 3. The van der Waals surface area contributed by atoms with Crippen molar-refractivity contribution in [1.29, 1.82) is 0 Å². The summed E-state index contributed by atoms with van der Waals surface area (Å²) in [7, 11) is -9.91. The summed E-state index contributed by atoms with van der Waals surface area (Å²) in [5, 5.41) is 5.09. The highest BCUT2D eigenvalue weighted by molar-refractivity contribution is 7.86. The third-order valence-electron chi connectivity index (χ3n) is 6.30. The van der Waals surface area contributed by atoms with Crippen molar-refractivity contribution in [1.82, 2.24) is 0 Å². The molecule has 14 heteroatoms. The van der Waals surface area contributed by atoms with E-state index in [-0.39, 0.29) is 39.3 Å². The molecule has 0 aromatic heterocycles. The summed E-state index contributed by atoms with van der Waals surface area (Å²) >= 11 is 0. The van der Waals surface area contributed by atoms with Gasteiger partial charge in [0.1, 0.15) is 9.79 Å². The van der Waals surface area contributed by atoms with Crippen LogP contribution < -0.4 is 16.4 Å². The van der Waals surface area contributed by atoms with Crippen molar-refractivity contribution >= 4 is 60.5 Å². The molecule has 0 bridgehead atoms. The van der Waals surface area contributed by atoms with Crippen molar-refractivity contribution in [2.24, 2.45) is 0 Å². The van der Waals surface area contributed by atoms with E-state index in [1.54, 1.807) is 18.2 Å². The summed E-state index contributed by atoms with van der Waals surface area (Å²) in [6.07, 6.45) is 0. The van der Waals surface area contributed by atoms with E-state index in [1.807, 2.05) is 0 Å². The molecule has 1 amide bonds. The number of carbonyl (C=O) groups is 3. The normalized spacial score (nSPS) is 12.8. The van der Waals surface area contributed by atoms with Gasteiger partial charge in [0.2, 0.25) is 0 Å². The quantitative estimate of drug-likeness (QED) is 0.142. The minimum Gasteiger partial charge on any atom is -0.397 e. The SMILES string of the molecule is Nc1c(S(=O)(=O)O)cc(Nc2ccc(NC(=O)c3ccccc3)c(S(=O)(=O)O)c2)c2c1C(=O)c1ccccc1C2=O. The van der Waals surface area contributed by atoms with E-state index in [4.69, 9.17) is 5.73 Å². The summed E-state index contributed by atoms with van der Waals surface area (Å²) in [4.78, 5) is 37.8. The largest absolute Gasteiger partial charge is 0.397 e. The lowest BCUT2D eigenvalue weighted by molar-refractivity contribution is 0.0980. The number of anilines is 4. The highest BCUT2D eigenvalue weighted by Crippen LogP contribution is 2.40. The van der Waals surface area contributed by atoms with Gasteiger partial charge in [0.05, 0.1) is 28.2 Å². The third kappa shape index (κ3) is 5.07. The molecule has 208 valence electrons. The molecule has 0 aliphatic heterocycles. The maximum atomic E-state index is 13.5. The third-order valence-corrected chi connectivity index (χ3v) is 8.09. The molecule has 1 aliphatic rings. The molecule has 0 saturated carbocycles. The number of ketones is 2. The lowest BCUT2D eigenvalue weighted by Crippen LogP contribution is -2.25. The van der Waals surface area contributed by atoms with Gasteiger partial charge in [-0.2, -0.15) is 16.8 Å². The Bertz CT molecular complexity index is 2010. The Balaban J connectivity index is 1.64. The number of hydrogen-bond acceptors (Lipinski definition) is 9. The summed E-state index contributed by atoms with van der Waals surface area (Å²) in [5.41, 5.74) is 4.09. The van der Waals surface area contributed by atoms with Crippen LogP contribution in [-0.2, 0) is 20.2 Å². The Morgan fingerprint density at radius 2 is 1.24 bits per heavy atom. The van der Waals surface area contributed by atoms with Crippen LogP contribution in [0.1, 0.15) is 42.2 Å². The summed E-state index contributed by atoms with van der Waals surface area (Å²) < 4.78 is 68.4. The van der Waals surface area contributed by atoms with Gasteiger partial charge in [-0.3, -0.25) is 23.5 Å². The highest BCUT2D eigenvalue weighted by atomic mass is 32.2. The number of fused-ring (bicyclic) bond motifs is 2. The van der Waals surface area contributed by atoms with E-state index in [2.05, 4.69) is 10.6 Å². The predicted molar refractivity (Wildman–Crippen MR) is 148 cm³/mol. The van der Waals surface area contributed by atoms with Crippen LogP contribution in [-0.4, -0.2) is 43.4 Å². The molecule has 0 fully saturated rings. The first kappa shape index (κ1) is 27.7. The van der Waals surface area contributed by atoms with Gasteiger partial charge in [-0.15, -0.1) is 0 Å². The fraction of sp³-hybridized carbons (Fsp3) is 0. The first-order valence-corrected chi connectivity index (χ1v) is 14.5. The van der Waals surface area contributed by atoms with Crippen molar-refractivity contribution in [3.05, 3.63) is 107 Å². The van der Waals surface area contributed by atoms with Crippen molar-refractivity contribution in [2.45, 2.75) is 9.79 Å². The number of nitrogens with two attached hydrogens (primary N) is 1. The fourth-order valence-electron chi connectivity index (χ4n) is 4.46. The molecule has 0 saturated heterocycles. The van der Waals surface area contributed by atoms with E-state index in [0.29, 0.717) is 0 Å². The van der Waals surface area contributed by atoms with Crippen LogP contribution in [0.2, 0.25) is 0 Å². The van der Waals surface area contributed by atoms with Crippen LogP contribution in [0.25, 0.3) is 0 Å². The second-order valence-electron chi connectivity index (χ2n) is 8.90. The lowest BCUT2D eigenvalue weighted by Gasteiger charge is -2.24. The van der Waals surface area contributed by atoms with Gasteiger partial charge in [-0.1, -0.05) is 42.5 Å². The van der Waals surface area contributed by atoms with E-state index in [1.165, 1.54) is 42.5 Å². The monoisotopic (exact) mass is 593 g/mol. The number of nitrogen functional groups attached to an aromatic ring is 1. The second-order valence-corrected chi connectivity index (χ2v) is 11.7. The maximum Gasteiger partial charge on any atom is 0.296 e. The van der Waals surface area contributed by atoms with Gasteiger partial charge in [-0.25, -0.2) is 0 Å². The van der Waals surface area contributed by atoms with Crippen molar-refractivity contribution in [3.8, 4) is 0 Å². The number of hydrogen-bond donors (Lipinski definition) is 5. The number of benzene rings is 4. The number of amides is 1. The Labute approximate surface area is 233 Å². The van der Waals surface area contributed by atoms with Crippen molar-refractivity contribution in [2.75, 3.05) is 16.4 Å². The van der Waals surface area contributed by atoms with Gasteiger partial charge in [0.15, 0.2) is 11.6 Å². The molecule has 1 aliphatic carbocycles. The van der Waals surface area contributed by atoms with Crippen LogP contribution in [0.3, 0.4) is 0 Å². The molecule has 0 spiro atoms. The summed E-state index contributed by atoms with van der Waals surface area (Å²) in [6, 6.07) is 17.9. The molecule has 6 N–H and O–H groups in total. The van der Waals surface area contributed by atoms with Crippen LogP contribution >= 0.6 is 0 Å². The molecule has 0 radical (unpaired) electrons. The maximum absolute atomic E-state index is 13.5. The fourth-order valence-corrected chi connectivity index (χ4v) is 5.78. The van der Waals surface area contributed by atoms with Gasteiger partial charge in [0, 0.05) is 22.4 Å².